The number of carbonyl (C=O) groups is 1. The van der Waals surface area contributed by atoms with Crippen LogP contribution in [-0.4, -0.2) is 23.1 Å². The van der Waals surface area contributed by atoms with E-state index >= 15 is 0 Å². The molecule has 0 radical (unpaired) electrons. The Morgan fingerprint density at radius 3 is 2.46 bits per heavy atom. The van der Waals surface area contributed by atoms with Crippen molar-refractivity contribution in [3.63, 3.8) is 0 Å². The molecule has 26 heavy (non-hydrogen) atoms. The zero-order chi connectivity index (χ0) is 18.8. The van der Waals surface area contributed by atoms with Crippen molar-refractivity contribution in [1.29, 1.82) is 0 Å². The molecule has 1 unspecified atom stereocenters. The van der Waals surface area contributed by atoms with Crippen LogP contribution in [0, 0.1) is 11.6 Å². The molecule has 0 aliphatic carbocycles. The van der Waals surface area contributed by atoms with Crippen molar-refractivity contribution >= 4 is 22.4 Å². The van der Waals surface area contributed by atoms with Gasteiger partial charge in [-0.25, -0.2) is 18.6 Å². The summed E-state index contributed by atoms with van der Waals surface area (Å²) in [5.74, 6) is -2.29. The Bertz CT molecular complexity index is 955. The van der Waals surface area contributed by atoms with E-state index in [1.54, 1.807) is 26.1 Å². The van der Waals surface area contributed by atoms with E-state index in [1.165, 1.54) is 30.3 Å². The second-order valence-corrected chi connectivity index (χ2v) is 6.76. The van der Waals surface area contributed by atoms with Gasteiger partial charge in [0.05, 0.1) is 5.69 Å². The molecule has 3 aromatic rings. The van der Waals surface area contributed by atoms with Gasteiger partial charge in [0.2, 0.25) is 0 Å². The van der Waals surface area contributed by atoms with Crippen LogP contribution in [0.2, 0.25) is 0 Å². The van der Waals surface area contributed by atoms with Gasteiger partial charge in [0.1, 0.15) is 16.5 Å². The molecule has 0 aliphatic rings. The third-order valence-corrected chi connectivity index (χ3v) is 5.20. The van der Waals surface area contributed by atoms with Gasteiger partial charge in [-0.1, -0.05) is 42.5 Å². The molecule has 4 nitrogen and oxygen atoms in total. The Morgan fingerprint density at radius 2 is 1.88 bits per heavy atom. The van der Waals surface area contributed by atoms with E-state index in [9.17, 15) is 18.7 Å². The lowest BCUT2D eigenvalue weighted by molar-refractivity contribution is 0.0700. The van der Waals surface area contributed by atoms with Crippen molar-refractivity contribution in [2.45, 2.75) is 12.8 Å². The molecule has 0 spiro atoms. The van der Waals surface area contributed by atoms with Crippen molar-refractivity contribution in [1.82, 2.24) is 4.98 Å². The molecule has 0 saturated heterocycles. The third-order valence-electron chi connectivity index (χ3n) is 4.12. The monoisotopic (exact) mass is 374 g/mol. The Balaban J connectivity index is 1.98. The predicted octanol–water partition coefficient (Wildman–Crippen LogP) is 4.98. The maximum atomic E-state index is 14.6. The number of hydrogen-bond acceptors (Lipinski definition) is 4. The highest BCUT2D eigenvalue weighted by Gasteiger charge is 2.23. The Morgan fingerprint density at radius 1 is 1.19 bits per heavy atom. The molecule has 1 aromatic heterocycles. The maximum absolute atomic E-state index is 14.6. The van der Waals surface area contributed by atoms with Gasteiger partial charge in [-0.2, -0.15) is 0 Å². The highest BCUT2D eigenvalue weighted by Crippen LogP contribution is 2.34. The maximum Gasteiger partial charge on any atom is 0.347 e. The van der Waals surface area contributed by atoms with Gasteiger partial charge in [0.15, 0.2) is 5.13 Å². The molecule has 134 valence electrons. The minimum Gasteiger partial charge on any atom is -0.477 e. The highest BCUT2D eigenvalue weighted by atomic mass is 32.1. The number of carboxylic acid groups (broad SMARTS) is 1. The number of carboxylic acids is 1. The number of aromatic nitrogens is 1. The molecule has 2 aromatic carbocycles. The number of halogens is 2. The van der Waals surface area contributed by atoms with Crippen LogP contribution in [0.5, 0.6) is 0 Å². The Hall–Kier alpha value is -2.80. The summed E-state index contributed by atoms with van der Waals surface area (Å²) in [7, 11) is 1.66. The first-order chi connectivity index (χ1) is 12.4. The molecule has 0 amide bonds. The fraction of sp³-hybridized carbons (Fsp3) is 0.158. The van der Waals surface area contributed by atoms with E-state index in [2.05, 4.69) is 10.3 Å². The predicted molar refractivity (Wildman–Crippen MR) is 97.9 cm³/mol. The molecule has 7 heteroatoms. The standard InChI is InChI=1S/C19H16F2N2O2S/c1-10(16-17(18(24)25)26-19(22-2)23-16)12-5-8-14(15(21)9-12)11-3-6-13(20)7-4-11/h3-10H,1-2H3,(H,22,23)(H,24,25). The fourth-order valence-corrected chi connectivity index (χ4v) is 3.56. The van der Waals surface area contributed by atoms with Crippen LogP contribution >= 0.6 is 11.3 Å². The number of benzene rings is 2. The second-order valence-electron chi connectivity index (χ2n) is 5.76. The molecule has 3 rings (SSSR count). The van der Waals surface area contributed by atoms with Crippen LogP contribution in [0.25, 0.3) is 11.1 Å². The van der Waals surface area contributed by atoms with Gasteiger partial charge in [-0.05, 0) is 29.3 Å². The minimum atomic E-state index is -1.06. The van der Waals surface area contributed by atoms with Crippen molar-refractivity contribution in [2.24, 2.45) is 0 Å². The molecular weight excluding hydrogens is 358 g/mol. The van der Waals surface area contributed by atoms with E-state index in [4.69, 9.17) is 0 Å². The lowest BCUT2D eigenvalue weighted by atomic mass is 9.94. The van der Waals surface area contributed by atoms with Gasteiger partial charge in [0.25, 0.3) is 0 Å². The van der Waals surface area contributed by atoms with Crippen LogP contribution in [0.4, 0.5) is 13.9 Å². The first kappa shape index (κ1) is 18.0. The summed E-state index contributed by atoms with van der Waals surface area (Å²) in [5.41, 5.74) is 1.93. The number of aromatic carboxylic acids is 1. The molecular formula is C19H16F2N2O2S. The van der Waals surface area contributed by atoms with E-state index in [0.717, 1.165) is 11.3 Å². The summed E-state index contributed by atoms with van der Waals surface area (Å²) in [6, 6.07) is 10.3. The van der Waals surface area contributed by atoms with Crippen LogP contribution in [0.1, 0.15) is 33.8 Å². The average Bonchev–Trinajstić information content (AvgIpc) is 3.07. The van der Waals surface area contributed by atoms with E-state index < -0.39 is 17.7 Å². The topological polar surface area (TPSA) is 62.2 Å². The summed E-state index contributed by atoms with van der Waals surface area (Å²) in [6.07, 6.45) is 0. The molecule has 0 aliphatic heterocycles. The first-order valence-corrected chi connectivity index (χ1v) is 8.69. The molecule has 1 atom stereocenters. The van der Waals surface area contributed by atoms with Crippen molar-refractivity contribution in [3.8, 4) is 11.1 Å². The van der Waals surface area contributed by atoms with Gasteiger partial charge < -0.3 is 10.4 Å². The van der Waals surface area contributed by atoms with E-state index in [0.29, 0.717) is 27.5 Å². The van der Waals surface area contributed by atoms with Crippen LogP contribution < -0.4 is 5.32 Å². The summed E-state index contributed by atoms with van der Waals surface area (Å²) in [5, 5.41) is 12.7. The summed E-state index contributed by atoms with van der Waals surface area (Å²) in [6.45, 7) is 1.78. The number of thiazole rings is 1. The van der Waals surface area contributed by atoms with E-state index in [1.807, 2.05) is 0 Å². The summed E-state index contributed by atoms with van der Waals surface area (Å²) >= 11 is 1.05. The summed E-state index contributed by atoms with van der Waals surface area (Å²) < 4.78 is 27.6. The van der Waals surface area contributed by atoms with Gasteiger partial charge in [0, 0.05) is 18.5 Å². The lowest BCUT2D eigenvalue weighted by Gasteiger charge is -2.12. The zero-order valence-electron chi connectivity index (χ0n) is 14.1. The lowest BCUT2D eigenvalue weighted by Crippen LogP contribution is -2.05. The normalized spacial score (nSPS) is 12.0. The highest BCUT2D eigenvalue weighted by molar-refractivity contribution is 7.17. The van der Waals surface area contributed by atoms with Gasteiger partial charge in [-0.15, -0.1) is 0 Å². The molecule has 0 fully saturated rings. The Labute approximate surface area is 153 Å². The van der Waals surface area contributed by atoms with E-state index in [-0.39, 0.29) is 10.7 Å². The third kappa shape index (κ3) is 3.43. The number of hydrogen-bond donors (Lipinski definition) is 2. The minimum absolute atomic E-state index is 0.130. The second kappa shape index (κ2) is 7.21. The SMILES string of the molecule is CNc1nc(C(C)c2ccc(-c3ccc(F)cc3)c(F)c2)c(C(=O)O)s1. The number of nitrogens with zero attached hydrogens (tertiary/aromatic N) is 1. The molecule has 2 N–H and O–H groups in total. The van der Waals surface area contributed by atoms with Crippen LogP contribution in [0.15, 0.2) is 42.5 Å². The number of anilines is 1. The van der Waals surface area contributed by atoms with Crippen molar-refractivity contribution < 1.29 is 18.7 Å². The van der Waals surface area contributed by atoms with Crippen LogP contribution in [0.3, 0.4) is 0 Å². The average molecular weight is 374 g/mol. The largest absolute Gasteiger partial charge is 0.477 e. The zero-order valence-corrected chi connectivity index (χ0v) is 14.9. The quantitative estimate of drug-likeness (QED) is 0.661. The van der Waals surface area contributed by atoms with Crippen molar-refractivity contribution in [2.75, 3.05) is 12.4 Å². The first-order valence-electron chi connectivity index (χ1n) is 7.88. The fourth-order valence-electron chi connectivity index (χ4n) is 2.71. The molecule has 0 saturated carbocycles. The Kier molecular flexibility index (Phi) is 4.99. The number of nitrogens with one attached hydrogen (secondary N) is 1. The van der Waals surface area contributed by atoms with Gasteiger partial charge >= 0.3 is 5.97 Å². The summed E-state index contributed by atoms with van der Waals surface area (Å²) in [4.78, 5) is 15.9. The van der Waals surface area contributed by atoms with Gasteiger partial charge in [-0.3, -0.25) is 0 Å². The van der Waals surface area contributed by atoms with Crippen LogP contribution in [-0.2, 0) is 0 Å². The van der Waals surface area contributed by atoms with Crippen molar-refractivity contribution in [3.05, 3.63) is 70.2 Å². The number of rotatable bonds is 5. The smallest absolute Gasteiger partial charge is 0.347 e. The molecule has 0 bridgehead atoms. The molecule has 1 heterocycles.